The van der Waals surface area contributed by atoms with Gasteiger partial charge in [-0.15, -0.1) is 0 Å². The lowest BCUT2D eigenvalue weighted by molar-refractivity contribution is 0.0904. The molecule has 0 saturated carbocycles. The van der Waals surface area contributed by atoms with Crippen LogP contribution >= 0.6 is 0 Å². The highest BCUT2D eigenvalue weighted by Gasteiger charge is 2.20. The van der Waals surface area contributed by atoms with Gasteiger partial charge in [-0.1, -0.05) is 19.4 Å². The number of hydrogen-bond acceptors (Lipinski definition) is 3. The Kier molecular flexibility index (Phi) is 4.49. The molecule has 2 N–H and O–H groups in total. The summed E-state index contributed by atoms with van der Waals surface area (Å²) in [6.45, 7) is 6.15. The molecule has 0 aromatic carbocycles. The number of hydrogen-bond donors (Lipinski definition) is 2. The van der Waals surface area contributed by atoms with E-state index in [-0.39, 0.29) is 11.4 Å². The van der Waals surface area contributed by atoms with E-state index in [4.69, 9.17) is 0 Å². The summed E-state index contributed by atoms with van der Waals surface area (Å²) >= 11 is 0. The third kappa shape index (κ3) is 4.06. The lowest BCUT2D eigenvalue weighted by atomic mass is 9.99. The third-order valence-electron chi connectivity index (χ3n) is 2.56. The molecule has 0 atom stereocenters. The Morgan fingerprint density at radius 3 is 2.71 bits per heavy atom. The molecular formula is C13H21N3O. The topological polar surface area (TPSA) is 54.0 Å². The van der Waals surface area contributed by atoms with Gasteiger partial charge in [0, 0.05) is 12.6 Å². The van der Waals surface area contributed by atoms with Crippen LogP contribution in [0.25, 0.3) is 0 Å². The maximum absolute atomic E-state index is 12.0. The number of rotatable bonds is 5. The molecule has 1 heterocycles. The van der Waals surface area contributed by atoms with E-state index < -0.39 is 0 Å². The van der Waals surface area contributed by atoms with E-state index in [0.717, 1.165) is 12.8 Å². The number of anilines is 1. The van der Waals surface area contributed by atoms with Crippen molar-refractivity contribution in [2.45, 2.75) is 39.2 Å². The van der Waals surface area contributed by atoms with Gasteiger partial charge < -0.3 is 10.6 Å². The van der Waals surface area contributed by atoms with E-state index in [1.54, 1.807) is 13.1 Å². The largest absolute Gasteiger partial charge is 0.373 e. The number of amides is 1. The fourth-order valence-corrected chi connectivity index (χ4v) is 1.76. The lowest BCUT2D eigenvalue weighted by Gasteiger charge is -2.25. The van der Waals surface area contributed by atoms with Gasteiger partial charge in [-0.3, -0.25) is 4.79 Å². The van der Waals surface area contributed by atoms with Gasteiger partial charge in [-0.05, 0) is 32.4 Å². The third-order valence-corrected chi connectivity index (χ3v) is 2.56. The number of carbonyl (C=O) groups is 1. The summed E-state index contributed by atoms with van der Waals surface area (Å²) in [5, 5.41) is 5.91. The van der Waals surface area contributed by atoms with E-state index >= 15 is 0 Å². The normalized spacial score (nSPS) is 11.1. The standard InChI is InChI=1S/C13H21N3O/c1-5-9-13(2,3)16-12(17)10-7-6-8-11(14-4)15-10/h6-8H,5,9H2,1-4H3,(H,14,15)(H,16,17). The van der Waals surface area contributed by atoms with Crippen LogP contribution in [0.4, 0.5) is 5.82 Å². The minimum atomic E-state index is -0.191. The Balaban J connectivity index is 2.75. The van der Waals surface area contributed by atoms with Crippen LogP contribution in [-0.2, 0) is 0 Å². The van der Waals surface area contributed by atoms with E-state index in [1.165, 1.54) is 0 Å². The molecule has 1 amide bonds. The highest BCUT2D eigenvalue weighted by Crippen LogP contribution is 2.12. The van der Waals surface area contributed by atoms with E-state index in [0.29, 0.717) is 11.5 Å². The van der Waals surface area contributed by atoms with Gasteiger partial charge in [0.2, 0.25) is 0 Å². The van der Waals surface area contributed by atoms with Crippen molar-refractivity contribution in [2.75, 3.05) is 12.4 Å². The maximum Gasteiger partial charge on any atom is 0.270 e. The molecular weight excluding hydrogens is 214 g/mol. The van der Waals surface area contributed by atoms with Crippen molar-refractivity contribution in [3.8, 4) is 0 Å². The molecule has 1 rings (SSSR count). The van der Waals surface area contributed by atoms with Gasteiger partial charge in [-0.2, -0.15) is 0 Å². The summed E-state index contributed by atoms with van der Waals surface area (Å²) in [5.74, 6) is 0.575. The van der Waals surface area contributed by atoms with Crippen LogP contribution in [0.15, 0.2) is 18.2 Å². The van der Waals surface area contributed by atoms with Gasteiger partial charge in [0.25, 0.3) is 5.91 Å². The number of nitrogens with one attached hydrogen (secondary N) is 2. The van der Waals surface area contributed by atoms with Crippen LogP contribution in [-0.4, -0.2) is 23.5 Å². The number of pyridine rings is 1. The van der Waals surface area contributed by atoms with Crippen LogP contribution in [0.1, 0.15) is 44.1 Å². The van der Waals surface area contributed by atoms with Gasteiger partial charge in [-0.25, -0.2) is 4.98 Å². The fraction of sp³-hybridized carbons (Fsp3) is 0.538. The van der Waals surface area contributed by atoms with E-state index in [9.17, 15) is 4.79 Å². The smallest absolute Gasteiger partial charge is 0.270 e. The quantitative estimate of drug-likeness (QED) is 0.824. The summed E-state index contributed by atoms with van der Waals surface area (Å²) in [6.07, 6.45) is 1.99. The molecule has 1 aromatic heterocycles. The molecule has 0 fully saturated rings. The molecule has 1 aromatic rings. The number of nitrogens with zero attached hydrogens (tertiary/aromatic N) is 1. The summed E-state index contributed by atoms with van der Waals surface area (Å²) in [5.41, 5.74) is 0.254. The van der Waals surface area contributed by atoms with Crippen LogP contribution in [0, 0.1) is 0 Å². The lowest BCUT2D eigenvalue weighted by Crippen LogP contribution is -2.43. The minimum Gasteiger partial charge on any atom is -0.373 e. The number of aromatic nitrogens is 1. The average molecular weight is 235 g/mol. The van der Waals surface area contributed by atoms with Crippen molar-refractivity contribution in [3.05, 3.63) is 23.9 Å². The molecule has 0 radical (unpaired) electrons. The zero-order chi connectivity index (χ0) is 12.9. The van der Waals surface area contributed by atoms with Crippen LogP contribution in [0.3, 0.4) is 0 Å². The molecule has 0 aliphatic heterocycles. The minimum absolute atomic E-state index is 0.124. The Bertz CT molecular complexity index is 388. The van der Waals surface area contributed by atoms with Crippen molar-refractivity contribution in [1.82, 2.24) is 10.3 Å². The van der Waals surface area contributed by atoms with Crippen molar-refractivity contribution in [3.63, 3.8) is 0 Å². The summed E-state index contributed by atoms with van der Waals surface area (Å²) in [6, 6.07) is 5.37. The highest BCUT2D eigenvalue weighted by molar-refractivity contribution is 5.93. The molecule has 4 nitrogen and oxygen atoms in total. The van der Waals surface area contributed by atoms with Crippen LogP contribution in [0.5, 0.6) is 0 Å². The fourth-order valence-electron chi connectivity index (χ4n) is 1.76. The van der Waals surface area contributed by atoms with Gasteiger partial charge >= 0.3 is 0 Å². The molecule has 94 valence electrons. The van der Waals surface area contributed by atoms with Gasteiger partial charge in [0.05, 0.1) is 0 Å². The van der Waals surface area contributed by atoms with Crippen LogP contribution < -0.4 is 10.6 Å². The zero-order valence-corrected chi connectivity index (χ0v) is 11.0. The van der Waals surface area contributed by atoms with Gasteiger partial charge in [0.15, 0.2) is 0 Å². The maximum atomic E-state index is 12.0. The summed E-state index contributed by atoms with van der Waals surface area (Å²) < 4.78 is 0. The SMILES string of the molecule is CCCC(C)(C)NC(=O)c1cccc(NC)n1. The molecule has 0 unspecified atom stereocenters. The molecule has 0 spiro atoms. The highest BCUT2D eigenvalue weighted by atomic mass is 16.2. The number of carbonyl (C=O) groups excluding carboxylic acids is 1. The van der Waals surface area contributed by atoms with Crippen LogP contribution in [0.2, 0.25) is 0 Å². The average Bonchev–Trinajstić information content (AvgIpc) is 2.28. The molecule has 0 aliphatic carbocycles. The Hall–Kier alpha value is -1.58. The second-order valence-corrected chi connectivity index (χ2v) is 4.75. The summed E-state index contributed by atoms with van der Waals surface area (Å²) in [7, 11) is 1.78. The van der Waals surface area contributed by atoms with Crippen molar-refractivity contribution < 1.29 is 4.79 Å². The first-order valence-corrected chi connectivity index (χ1v) is 5.96. The predicted octanol–water partition coefficient (Wildman–Crippen LogP) is 2.43. The van der Waals surface area contributed by atoms with Crippen molar-refractivity contribution in [1.29, 1.82) is 0 Å². The Labute approximate surface area is 103 Å². The Morgan fingerprint density at radius 1 is 1.41 bits per heavy atom. The van der Waals surface area contributed by atoms with Gasteiger partial charge in [0.1, 0.15) is 11.5 Å². The second-order valence-electron chi connectivity index (χ2n) is 4.75. The molecule has 4 heteroatoms. The monoisotopic (exact) mass is 235 g/mol. The molecule has 0 aliphatic rings. The zero-order valence-electron chi connectivity index (χ0n) is 11.0. The molecule has 0 bridgehead atoms. The first-order chi connectivity index (χ1) is 7.98. The first kappa shape index (κ1) is 13.5. The van der Waals surface area contributed by atoms with E-state index in [2.05, 4.69) is 22.5 Å². The Morgan fingerprint density at radius 2 is 2.12 bits per heavy atom. The first-order valence-electron chi connectivity index (χ1n) is 5.96. The van der Waals surface area contributed by atoms with Crippen molar-refractivity contribution >= 4 is 11.7 Å². The predicted molar refractivity (Wildman–Crippen MR) is 70.2 cm³/mol. The summed E-state index contributed by atoms with van der Waals surface area (Å²) in [4.78, 5) is 16.2. The second kappa shape index (κ2) is 5.66. The molecule has 17 heavy (non-hydrogen) atoms. The van der Waals surface area contributed by atoms with E-state index in [1.807, 2.05) is 26.0 Å². The van der Waals surface area contributed by atoms with Crippen molar-refractivity contribution in [2.24, 2.45) is 0 Å². The molecule has 0 saturated heterocycles.